The Bertz CT molecular complexity index is 762. The van der Waals surface area contributed by atoms with Crippen LogP contribution in [0.15, 0.2) is 63.5 Å². The van der Waals surface area contributed by atoms with Crippen molar-refractivity contribution in [1.29, 1.82) is 0 Å². The van der Waals surface area contributed by atoms with Gasteiger partial charge in [0.1, 0.15) is 5.75 Å². The molecule has 0 atom stereocenters. The standard InChI is InChI=1S/C8H7NO.C7H4N2S/c1-2-4-8-7(3-1)5-9-6-10-8;10-7-8-5-3-1-2-4-6(5)9-7/h1-5H,6H2;1-4H. The van der Waals surface area contributed by atoms with Crippen LogP contribution < -0.4 is 15.5 Å². The summed E-state index contributed by atoms with van der Waals surface area (Å²) in [5.41, 5.74) is 1.06. The number of hydrogen-bond donors (Lipinski definition) is 0. The first-order chi connectivity index (χ1) is 9.83. The van der Waals surface area contributed by atoms with E-state index in [0.29, 0.717) is 11.8 Å². The van der Waals surface area contributed by atoms with Crippen molar-refractivity contribution in [2.45, 2.75) is 0 Å². The number of benzene rings is 2. The highest BCUT2D eigenvalue weighted by molar-refractivity contribution is 7.80. The van der Waals surface area contributed by atoms with Crippen LogP contribution in [0.3, 0.4) is 0 Å². The maximum absolute atomic E-state index is 5.23. The summed E-state index contributed by atoms with van der Waals surface area (Å²) >= 11 is 4.79. The molecule has 0 saturated heterocycles. The summed E-state index contributed by atoms with van der Waals surface area (Å²) in [4.78, 5) is 12.0. The molecule has 0 N–H and O–H groups in total. The Morgan fingerprint density at radius 2 is 1.55 bits per heavy atom. The number of rotatable bonds is 0. The molecule has 20 heavy (non-hydrogen) atoms. The van der Waals surface area contributed by atoms with Gasteiger partial charge in [-0.25, -0.2) is 9.98 Å². The fraction of sp³-hybridized carbons (Fsp3) is 0.0667. The zero-order chi connectivity index (χ0) is 13.8. The Hall–Kier alpha value is -2.40. The highest BCUT2D eigenvalue weighted by Gasteiger charge is 2.02. The van der Waals surface area contributed by atoms with Crippen molar-refractivity contribution in [1.82, 2.24) is 0 Å². The Morgan fingerprint density at radius 1 is 0.900 bits per heavy atom. The SMILES string of the molecule is C1=NCOc2ccccc21.S=C1N=c2ccccc2=N1. The van der Waals surface area contributed by atoms with Crippen molar-refractivity contribution < 1.29 is 4.74 Å². The molecule has 0 aliphatic carbocycles. The predicted molar refractivity (Wildman–Crippen MR) is 80.9 cm³/mol. The largest absolute Gasteiger partial charge is 0.471 e. The van der Waals surface area contributed by atoms with Gasteiger partial charge < -0.3 is 4.74 Å². The molecule has 0 bridgehead atoms. The van der Waals surface area contributed by atoms with Crippen molar-refractivity contribution in [2.75, 3.05) is 6.73 Å². The van der Waals surface area contributed by atoms with Crippen LogP contribution in [0.4, 0.5) is 0 Å². The van der Waals surface area contributed by atoms with Crippen LogP contribution in [-0.4, -0.2) is 18.1 Å². The van der Waals surface area contributed by atoms with Crippen molar-refractivity contribution in [3.8, 4) is 5.75 Å². The van der Waals surface area contributed by atoms with Gasteiger partial charge in [-0.1, -0.05) is 24.3 Å². The summed E-state index contributed by atoms with van der Waals surface area (Å²) in [6.07, 6.45) is 1.83. The first-order valence-corrected chi connectivity index (χ1v) is 6.52. The summed E-state index contributed by atoms with van der Waals surface area (Å²) < 4.78 is 5.23. The molecular formula is C15H11N3OS. The number of nitrogens with zero attached hydrogens (tertiary/aromatic N) is 3. The van der Waals surface area contributed by atoms with Gasteiger partial charge in [-0.3, -0.25) is 4.99 Å². The molecule has 0 amide bonds. The monoisotopic (exact) mass is 281 g/mol. The van der Waals surface area contributed by atoms with E-state index in [1.807, 2.05) is 54.7 Å². The Morgan fingerprint density at radius 3 is 2.25 bits per heavy atom. The van der Waals surface area contributed by atoms with Crippen LogP contribution in [-0.2, 0) is 0 Å². The molecule has 2 aliphatic heterocycles. The van der Waals surface area contributed by atoms with Crippen LogP contribution >= 0.6 is 12.2 Å². The summed E-state index contributed by atoms with van der Waals surface area (Å²) in [5.74, 6) is 0.928. The zero-order valence-electron chi connectivity index (χ0n) is 10.6. The zero-order valence-corrected chi connectivity index (χ0v) is 11.4. The molecule has 0 spiro atoms. The van der Waals surface area contributed by atoms with E-state index in [1.165, 1.54) is 0 Å². The van der Waals surface area contributed by atoms with Crippen LogP contribution in [0, 0.1) is 0 Å². The predicted octanol–water partition coefficient (Wildman–Crippen LogP) is 1.68. The Balaban J connectivity index is 0.000000121. The van der Waals surface area contributed by atoms with Gasteiger partial charge >= 0.3 is 0 Å². The molecule has 0 aromatic heterocycles. The van der Waals surface area contributed by atoms with E-state index in [2.05, 4.69) is 15.0 Å². The third kappa shape index (κ3) is 2.78. The topological polar surface area (TPSA) is 46.3 Å². The second-order valence-electron chi connectivity index (χ2n) is 4.12. The van der Waals surface area contributed by atoms with E-state index in [1.54, 1.807) is 0 Å². The molecule has 0 saturated carbocycles. The van der Waals surface area contributed by atoms with Gasteiger partial charge in [-0.2, -0.15) is 0 Å². The van der Waals surface area contributed by atoms with Gasteiger partial charge in [-0.15, -0.1) is 0 Å². The molecule has 0 radical (unpaired) electrons. The molecule has 2 aliphatic rings. The molecule has 4 rings (SSSR count). The maximum Gasteiger partial charge on any atom is 0.220 e. The van der Waals surface area contributed by atoms with Crippen LogP contribution in [0.5, 0.6) is 5.75 Å². The average Bonchev–Trinajstić information content (AvgIpc) is 2.88. The summed E-state index contributed by atoms with van der Waals surface area (Å²) in [6.45, 7) is 0.455. The number of thiocarbonyl (C=S) groups is 1. The first kappa shape index (κ1) is 12.6. The lowest BCUT2D eigenvalue weighted by molar-refractivity contribution is 0.326. The lowest BCUT2D eigenvalue weighted by atomic mass is 10.2. The number of hydrogen-bond acceptors (Lipinski definition) is 3. The molecule has 0 unspecified atom stereocenters. The molecule has 98 valence electrons. The summed E-state index contributed by atoms with van der Waals surface area (Å²) in [5, 5.41) is 2.20. The minimum Gasteiger partial charge on any atom is -0.471 e. The number of para-hydroxylation sites is 3. The quantitative estimate of drug-likeness (QED) is 0.690. The third-order valence-corrected chi connectivity index (χ3v) is 2.94. The fourth-order valence-corrected chi connectivity index (χ4v) is 2.04. The van der Waals surface area contributed by atoms with Crippen molar-refractivity contribution in [2.24, 2.45) is 15.0 Å². The van der Waals surface area contributed by atoms with Gasteiger partial charge in [-0.05, 0) is 36.5 Å². The molecule has 0 fully saturated rings. The molecule has 4 nitrogen and oxygen atoms in total. The normalized spacial score (nSPS) is 13.9. The van der Waals surface area contributed by atoms with Crippen LogP contribution in [0.1, 0.15) is 5.56 Å². The first-order valence-electron chi connectivity index (χ1n) is 6.11. The lowest BCUT2D eigenvalue weighted by Crippen LogP contribution is -2.19. The molecule has 2 aromatic carbocycles. The van der Waals surface area contributed by atoms with Gasteiger partial charge in [0.25, 0.3) is 0 Å². The Labute approximate surface area is 121 Å². The van der Waals surface area contributed by atoms with E-state index in [4.69, 9.17) is 17.0 Å². The van der Waals surface area contributed by atoms with Crippen LogP contribution in [0.25, 0.3) is 0 Å². The summed E-state index contributed by atoms with van der Waals surface area (Å²) in [6, 6.07) is 15.5. The van der Waals surface area contributed by atoms with E-state index >= 15 is 0 Å². The number of fused-ring (bicyclic) bond motifs is 2. The number of aliphatic imine (C=N–C) groups is 1. The van der Waals surface area contributed by atoms with Gasteiger partial charge in [0.15, 0.2) is 6.73 Å². The van der Waals surface area contributed by atoms with Crippen molar-refractivity contribution in [3.05, 3.63) is 64.8 Å². The smallest absolute Gasteiger partial charge is 0.220 e. The maximum atomic E-state index is 5.23. The molecule has 2 heterocycles. The number of ether oxygens (including phenoxy) is 1. The molecular weight excluding hydrogens is 270 g/mol. The van der Waals surface area contributed by atoms with E-state index in [-0.39, 0.29) is 0 Å². The van der Waals surface area contributed by atoms with Gasteiger partial charge in [0.05, 0.1) is 10.7 Å². The highest BCUT2D eigenvalue weighted by atomic mass is 32.1. The second kappa shape index (κ2) is 5.71. The van der Waals surface area contributed by atoms with Crippen molar-refractivity contribution >= 4 is 23.5 Å². The summed E-state index contributed by atoms with van der Waals surface area (Å²) in [7, 11) is 0. The third-order valence-electron chi connectivity index (χ3n) is 2.76. The molecule has 2 aromatic rings. The fourth-order valence-electron chi connectivity index (χ4n) is 1.85. The highest BCUT2D eigenvalue weighted by Crippen LogP contribution is 2.17. The Kier molecular flexibility index (Phi) is 3.60. The van der Waals surface area contributed by atoms with Gasteiger partial charge in [0, 0.05) is 11.8 Å². The van der Waals surface area contributed by atoms with Gasteiger partial charge in [0.2, 0.25) is 5.11 Å². The minimum absolute atomic E-state index is 0.432. The van der Waals surface area contributed by atoms with E-state index < -0.39 is 0 Å². The molecule has 5 heteroatoms. The minimum atomic E-state index is 0.432. The van der Waals surface area contributed by atoms with Crippen molar-refractivity contribution in [3.63, 3.8) is 0 Å². The van der Waals surface area contributed by atoms with E-state index in [9.17, 15) is 0 Å². The lowest BCUT2D eigenvalue weighted by Gasteiger charge is -2.09. The second-order valence-corrected chi connectivity index (χ2v) is 4.48. The average molecular weight is 281 g/mol. The van der Waals surface area contributed by atoms with E-state index in [0.717, 1.165) is 22.0 Å². The van der Waals surface area contributed by atoms with Crippen LogP contribution in [0.2, 0.25) is 0 Å².